The Kier molecular flexibility index (Phi) is 6.60. The Labute approximate surface area is 139 Å². The van der Waals surface area contributed by atoms with Crippen LogP contribution in [0.1, 0.15) is 38.2 Å². The average Bonchev–Trinajstić information content (AvgIpc) is 2.56. The molecule has 23 heavy (non-hydrogen) atoms. The van der Waals surface area contributed by atoms with Gasteiger partial charge in [0.15, 0.2) is 0 Å². The van der Waals surface area contributed by atoms with E-state index in [0.717, 1.165) is 12.8 Å². The van der Waals surface area contributed by atoms with Crippen molar-refractivity contribution in [1.29, 1.82) is 0 Å². The minimum absolute atomic E-state index is 0.0875. The molecule has 2 atom stereocenters. The second-order valence-corrected chi connectivity index (χ2v) is 6.68. The lowest BCUT2D eigenvalue weighted by atomic mass is 9.80. The van der Waals surface area contributed by atoms with Crippen LogP contribution in [-0.2, 0) is 16.0 Å². The summed E-state index contributed by atoms with van der Waals surface area (Å²) >= 11 is 0. The van der Waals surface area contributed by atoms with Gasteiger partial charge in [-0.05, 0) is 31.2 Å². The number of piperidine rings is 1. The first-order valence-corrected chi connectivity index (χ1v) is 8.58. The Balaban J connectivity index is 1.76. The number of hydrogen-bond donors (Lipinski definition) is 1. The SMILES string of the molecule is COCC[C@@]1(O)CCN(C(=O)CCCc2ccccc2)C[C@@H]1C. The zero-order valence-corrected chi connectivity index (χ0v) is 14.3. The van der Waals surface area contributed by atoms with Crippen molar-refractivity contribution in [1.82, 2.24) is 4.90 Å². The van der Waals surface area contributed by atoms with Crippen LogP contribution in [0, 0.1) is 5.92 Å². The monoisotopic (exact) mass is 319 g/mol. The molecule has 0 aromatic heterocycles. The van der Waals surface area contributed by atoms with Crippen molar-refractivity contribution in [3.05, 3.63) is 35.9 Å². The maximum atomic E-state index is 12.4. The largest absolute Gasteiger partial charge is 0.389 e. The van der Waals surface area contributed by atoms with E-state index in [0.29, 0.717) is 39.0 Å². The molecule has 1 aliphatic heterocycles. The van der Waals surface area contributed by atoms with Gasteiger partial charge in [-0.1, -0.05) is 37.3 Å². The zero-order chi connectivity index (χ0) is 16.7. The molecule has 1 fully saturated rings. The topological polar surface area (TPSA) is 49.8 Å². The van der Waals surface area contributed by atoms with E-state index in [1.165, 1.54) is 5.56 Å². The molecule has 1 aliphatic rings. The number of likely N-dealkylation sites (tertiary alicyclic amines) is 1. The van der Waals surface area contributed by atoms with Crippen LogP contribution in [0.5, 0.6) is 0 Å². The number of carbonyl (C=O) groups is 1. The minimum atomic E-state index is -0.698. The number of aryl methyl sites for hydroxylation is 1. The molecule has 2 rings (SSSR count). The van der Waals surface area contributed by atoms with E-state index >= 15 is 0 Å². The van der Waals surface area contributed by atoms with Crippen molar-refractivity contribution in [2.75, 3.05) is 26.8 Å². The summed E-state index contributed by atoms with van der Waals surface area (Å²) in [5.74, 6) is 0.297. The summed E-state index contributed by atoms with van der Waals surface area (Å²) in [6, 6.07) is 10.3. The van der Waals surface area contributed by atoms with Gasteiger partial charge in [0, 0.05) is 39.1 Å². The highest BCUT2D eigenvalue weighted by molar-refractivity contribution is 5.76. The number of ether oxygens (including phenoxy) is 1. The molecule has 0 bridgehead atoms. The highest BCUT2D eigenvalue weighted by atomic mass is 16.5. The highest BCUT2D eigenvalue weighted by Crippen LogP contribution is 2.31. The second-order valence-electron chi connectivity index (χ2n) is 6.68. The van der Waals surface area contributed by atoms with Gasteiger partial charge in [0.1, 0.15) is 0 Å². The van der Waals surface area contributed by atoms with E-state index in [1.54, 1.807) is 7.11 Å². The Morgan fingerprint density at radius 3 is 2.78 bits per heavy atom. The normalized spacial score (nSPS) is 24.7. The summed E-state index contributed by atoms with van der Waals surface area (Å²) in [5.41, 5.74) is 0.581. The van der Waals surface area contributed by atoms with Gasteiger partial charge in [-0.25, -0.2) is 0 Å². The molecule has 0 spiro atoms. The van der Waals surface area contributed by atoms with Crippen molar-refractivity contribution < 1.29 is 14.6 Å². The second kappa shape index (κ2) is 8.46. The van der Waals surface area contributed by atoms with Crippen LogP contribution in [0.2, 0.25) is 0 Å². The first-order valence-electron chi connectivity index (χ1n) is 8.58. The van der Waals surface area contributed by atoms with Gasteiger partial charge in [-0.3, -0.25) is 4.79 Å². The lowest BCUT2D eigenvalue weighted by Crippen LogP contribution is -2.52. The predicted octanol–water partition coefficient (Wildman–Crippen LogP) is 2.65. The van der Waals surface area contributed by atoms with Crippen molar-refractivity contribution in [3.63, 3.8) is 0 Å². The molecule has 1 heterocycles. The van der Waals surface area contributed by atoms with Crippen LogP contribution >= 0.6 is 0 Å². The number of hydrogen-bond acceptors (Lipinski definition) is 3. The standard InChI is InChI=1S/C19H29NO3/c1-16-15-20(13-11-19(16,22)12-14-23-2)18(21)10-6-9-17-7-4-3-5-8-17/h3-5,7-8,16,22H,6,9-15H2,1-2H3/t16-,19-/m0/s1. The van der Waals surface area contributed by atoms with Crippen LogP contribution < -0.4 is 0 Å². The molecular weight excluding hydrogens is 290 g/mol. The third-order valence-electron chi connectivity index (χ3n) is 5.02. The third kappa shape index (κ3) is 5.05. The molecule has 0 radical (unpaired) electrons. The van der Waals surface area contributed by atoms with E-state index in [9.17, 15) is 9.90 Å². The molecule has 1 aromatic carbocycles. The van der Waals surface area contributed by atoms with E-state index in [1.807, 2.05) is 30.0 Å². The zero-order valence-electron chi connectivity index (χ0n) is 14.3. The fraction of sp³-hybridized carbons (Fsp3) is 0.632. The molecule has 0 saturated carbocycles. The maximum Gasteiger partial charge on any atom is 0.222 e. The third-order valence-corrected chi connectivity index (χ3v) is 5.02. The molecule has 1 N–H and O–H groups in total. The minimum Gasteiger partial charge on any atom is -0.389 e. The number of benzene rings is 1. The molecule has 0 aliphatic carbocycles. The highest BCUT2D eigenvalue weighted by Gasteiger charge is 2.39. The summed E-state index contributed by atoms with van der Waals surface area (Å²) in [6.07, 6.45) is 3.68. The average molecular weight is 319 g/mol. The van der Waals surface area contributed by atoms with E-state index < -0.39 is 5.60 Å². The summed E-state index contributed by atoms with van der Waals surface area (Å²) in [4.78, 5) is 14.3. The Morgan fingerprint density at radius 1 is 1.39 bits per heavy atom. The molecule has 1 aromatic rings. The Hall–Kier alpha value is -1.39. The summed E-state index contributed by atoms with van der Waals surface area (Å²) in [7, 11) is 1.65. The number of aliphatic hydroxyl groups is 1. The Morgan fingerprint density at radius 2 is 2.13 bits per heavy atom. The van der Waals surface area contributed by atoms with E-state index in [2.05, 4.69) is 12.1 Å². The van der Waals surface area contributed by atoms with Gasteiger partial charge in [-0.2, -0.15) is 0 Å². The van der Waals surface area contributed by atoms with Gasteiger partial charge < -0.3 is 14.7 Å². The van der Waals surface area contributed by atoms with Gasteiger partial charge in [0.25, 0.3) is 0 Å². The molecular formula is C19H29NO3. The van der Waals surface area contributed by atoms with Crippen molar-refractivity contribution in [3.8, 4) is 0 Å². The number of nitrogens with zero attached hydrogens (tertiary/aromatic N) is 1. The van der Waals surface area contributed by atoms with Gasteiger partial charge in [0.05, 0.1) is 5.60 Å². The van der Waals surface area contributed by atoms with Gasteiger partial charge >= 0.3 is 0 Å². The fourth-order valence-electron chi connectivity index (χ4n) is 3.29. The fourth-order valence-corrected chi connectivity index (χ4v) is 3.29. The summed E-state index contributed by atoms with van der Waals surface area (Å²) in [5, 5.41) is 10.7. The lowest BCUT2D eigenvalue weighted by Gasteiger charge is -2.43. The van der Waals surface area contributed by atoms with Crippen molar-refractivity contribution >= 4 is 5.91 Å². The van der Waals surface area contributed by atoms with Crippen LogP contribution in [0.4, 0.5) is 0 Å². The van der Waals surface area contributed by atoms with Crippen LogP contribution in [-0.4, -0.2) is 48.3 Å². The van der Waals surface area contributed by atoms with E-state index in [-0.39, 0.29) is 11.8 Å². The van der Waals surface area contributed by atoms with Crippen LogP contribution in [0.25, 0.3) is 0 Å². The molecule has 1 saturated heterocycles. The van der Waals surface area contributed by atoms with Gasteiger partial charge in [-0.15, -0.1) is 0 Å². The number of methoxy groups -OCH3 is 1. The van der Waals surface area contributed by atoms with E-state index in [4.69, 9.17) is 4.74 Å². The number of rotatable bonds is 7. The predicted molar refractivity (Wildman–Crippen MR) is 91.2 cm³/mol. The molecule has 128 valence electrons. The summed E-state index contributed by atoms with van der Waals surface area (Å²) < 4.78 is 5.09. The molecule has 4 nitrogen and oxygen atoms in total. The van der Waals surface area contributed by atoms with Crippen LogP contribution in [0.3, 0.4) is 0 Å². The summed E-state index contributed by atoms with van der Waals surface area (Å²) in [6.45, 7) is 3.88. The van der Waals surface area contributed by atoms with Gasteiger partial charge in [0.2, 0.25) is 5.91 Å². The first-order chi connectivity index (χ1) is 11.0. The Bertz CT molecular complexity index is 491. The smallest absolute Gasteiger partial charge is 0.222 e. The maximum absolute atomic E-state index is 12.4. The lowest BCUT2D eigenvalue weighted by molar-refractivity contribution is -0.140. The van der Waals surface area contributed by atoms with Crippen LogP contribution in [0.15, 0.2) is 30.3 Å². The van der Waals surface area contributed by atoms with Crippen molar-refractivity contribution in [2.24, 2.45) is 5.92 Å². The molecule has 4 heteroatoms. The number of carbonyl (C=O) groups excluding carboxylic acids is 1. The number of amides is 1. The first kappa shape index (κ1) is 18.0. The quantitative estimate of drug-likeness (QED) is 0.840. The molecule has 0 unspecified atom stereocenters. The van der Waals surface area contributed by atoms with Crippen molar-refractivity contribution in [2.45, 2.75) is 44.6 Å². The molecule has 1 amide bonds.